The molecule has 1 spiro atoms. The Kier molecular flexibility index (Phi) is 13.1. The summed E-state index contributed by atoms with van der Waals surface area (Å²) in [7, 11) is 3.33. The molecule has 3 aliphatic carbocycles. The smallest absolute Gasteiger partial charge is 0.264 e. The highest BCUT2D eigenvalue weighted by Crippen LogP contribution is 2.56. The van der Waals surface area contributed by atoms with Gasteiger partial charge in [0, 0.05) is 121 Å². The van der Waals surface area contributed by atoms with Crippen LogP contribution < -0.4 is 30.3 Å². The van der Waals surface area contributed by atoms with Crippen LogP contribution in [0.3, 0.4) is 0 Å². The second-order valence-corrected chi connectivity index (χ2v) is 22.2. The first-order valence-corrected chi connectivity index (χ1v) is 25.7. The molecule has 0 unspecified atom stereocenters. The Morgan fingerprint density at radius 1 is 0.972 bits per heavy atom. The van der Waals surface area contributed by atoms with Crippen molar-refractivity contribution >= 4 is 29.0 Å². The van der Waals surface area contributed by atoms with Crippen LogP contribution in [-0.2, 0) is 31.2 Å². The molecule has 0 saturated heterocycles. The second-order valence-electron chi connectivity index (χ2n) is 22.2. The predicted octanol–water partition coefficient (Wildman–Crippen LogP) is 9.67. The van der Waals surface area contributed by atoms with Crippen molar-refractivity contribution in [1.82, 2.24) is 35.1 Å². The molecule has 72 heavy (non-hydrogen) atoms. The largest absolute Gasteiger partial charge is 0.495 e. The average Bonchev–Trinajstić information content (AvgIpc) is 3.98. The molecule has 16 heteroatoms. The van der Waals surface area contributed by atoms with Crippen molar-refractivity contribution < 1.29 is 27.8 Å². The third-order valence-electron chi connectivity index (χ3n) is 16.8. The van der Waals surface area contributed by atoms with Gasteiger partial charge in [-0.25, -0.2) is 8.78 Å². The maximum atomic E-state index is 14.8. The number of methoxy groups -OCH3 is 1. The number of nitrogens with zero attached hydrogens (tertiary/aromatic N) is 7. The molecule has 2 aromatic heterocycles. The second kappa shape index (κ2) is 19.2. The Morgan fingerprint density at radius 3 is 2.39 bits per heavy atom. The summed E-state index contributed by atoms with van der Waals surface area (Å²) in [5.74, 6) is 1.80. The Labute approximate surface area is 421 Å². The van der Waals surface area contributed by atoms with Crippen LogP contribution in [0.1, 0.15) is 130 Å². The van der Waals surface area contributed by atoms with Crippen LogP contribution in [0.4, 0.5) is 26.0 Å². The number of carbonyl (C=O) groups excluding carboxylic acids is 2. The quantitative estimate of drug-likeness (QED) is 0.0917. The van der Waals surface area contributed by atoms with Crippen LogP contribution >= 0.6 is 0 Å². The van der Waals surface area contributed by atoms with Gasteiger partial charge >= 0.3 is 0 Å². The van der Waals surface area contributed by atoms with Crippen LogP contribution in [0.15, 0.2) is 67.0 Å². The van der Waals surface area contributed by atoms with Gasteiger partial charge in [-0.05, 0) is 116 Å². The molecule has 2 amide bonds. The molecule has 14 nitrogen and oxygen atoms in total. The summed E-state index contributed by atoms with van der Waals surface area (Å²) in [5.41, 5.74) is 6.86. The number of ether oxygens (including phenoxy) is 2. The summed E-state index contributed by atoms with van der Waals surface area (Å²) in [5, 5.41) is 29.6. The zero-order chi connectivity index (χ0) is 50.7. The van der Waals surface area contributed by atoms with E-state index in [2.05, 4.69) is 64.4 Å². The van der Waals surface area contributed by atoms with Gasteiger partial charge in [0.25, 0.3) is 12.3 Å². The number of alkyl halides is 2. The van der Waals surface area contributed by atoms with Crippen molar-refractivity contribution in [3.63, 3.8) is 0 Å². The molecule has 0 atom stereocenters. The summed E-state index contributed by atoms with van der Waals surface area (Å²) in [6, 6.07) is 19.2. The number of amides is 2. The van der Waals surface area contributed by atoms with E-state index in [-0.39, 0.29) is 46.4 Å². The van der Waals surface area contributed by atoms with E-state index in [1.54, 1.807) is 55.3 Å². The zero-order valence-electron chi connectivity index (χ0n) is 42.7. The minimum atomic E-state index is -2.65. The fourth-order valence-corrected chi connectivity index (χ4v) is 13.3. The van der Waals surface area contributed by atoms with Crippen molar-refractivity contribution in [2.24, 2.45) is 23.3 Å². The highest BCUT2D eigenvalue weighted by Gasteiger charge is 2.64. The van der Waals surface area contributed by atoms with Gasteiger partial charge in [-0.15, -0.1) is 0 Å². The van der Waals surface area contributed by atoms with Gasteiger partial charge in [0.15, 0.2) is 5.82 Å². The molecule has 5 aromatic rings. The molecule has 5 aliphatic rings. The lowest BCUT2D eigenvalue weighted by atomic mass is 9.49. The van der Waals surface area contributed by atoms with E-state index in [9.17, 15) is 23.6 Å². The number of anilines is 3. The molecule has 3 aromatic carbocycles. The normalized spacial score (nSPS) is 23.8. The molecular formula is C56H68F2N10O4. The Hall–Kier alpha value is -6.47. The summed E-state index contributed by atoms with van der Waals surface area (Å²) in [6.45, 7) is 13.4. The van der Waals surface area contributed by atoms with E-state index >= 15 is 0 Å². The van der Waals surface area contributed by atoms with Gasteiger partial charge in [0.2, 0.25) is 5.91 Å². The molecule has 380 valence electrons. The van der Waals surface area contributed by atoms with Gasteiger partial charge in [-0.2, -0.15) is 15.5 Å². The fraction of sp³-hybridized carbons (Fsp3) is 0.518. The van der Waals surface area contributed by atoms with Gasteiger partial charge in [0.05, 0.1) is 31.5 Å². The first-order chi connectivity index (χ1) is 34.5. The van der Waals surface area contributed by atoms with Crippen LogP contribution in [0.5, 0.6) is 11.5 Å². The Morgan fingerprint density at radius 2 is 1.72 bits per heavy atom. The molecule has 3 saturated carbocycles. The molecule has 10 rings (SSSR count). The number of fused-ring (bicyclic) bond motifs is 2. The first-order valence-electron chi connectivity index (χ1n) is 25.7. The van der Waals surface area contributed by atoms with Crippen LogP contribution in [0.25, 0.3) is 11.1 Å². The Bertz CT molecular complexity index is 2870. The number of aryl methyl sites for hydroxylation is 2. The number of aromatic nitrogens is 4. The zero-order valence-corrected chi connectivity index (χ0v) is 42.7. The fourth-order valence-electron chi connectivity index (χ4n) is 13.3. The van der Waals surface area contributed by atoms with E-state index in [4.69, 9.17) is 14.6 Å². The van der Waals surface area contributed by atoms with Gasteiger partial charge < -0.3 is 35.2 Å². The predicted molar refractivity (Wildman–Crippen MR) is 273 cm³/mol. The SMILES string of the molecule is COc1cc(OC2C(C)(C)C(NC(=O)c3ccc(NCCNC4CC5(CCC(n6nc(N7CCCc8cc(-c9cnn(C)c9)c(C(F)F)cc87)c7c6CCN(C(C)=O)C7)CC5)C4)cc3)C2(C)C)ccc1C#N. The molecule has 0 bridgehead atoms. The highest BCUT2D eigenvalue weighted by atomic mass is 19.3. The topological polar surface area (TPSA) is 155 Å². The molecule has 3 fully saturated rings. The van der Waals surface area contributed by atoms with E-state index in [0.29, 0.717) is 64.8 Å². The number of benzene rings is 3. The maximum absolute atomic E-state index is 14.8. The number of nitriles is 1. The van der Waals surface area contributed by atoms with Crippen LogP contribution in [-0.4, -0.2) is 87.8 Å². The van der Waals surface area contributed by atoms with Crippen molar-refractivity contribution in [3.8, 4) is 28.7 Å². The van der Waals surface area contributed by atoms with E-state index < -0.39 is 6.43 Å². The molecular weight excluding hydrogens is 915 g/mol. The molecule has 4 heterocycles. The third-order valence-corrected chi connectivity index (χ3v) is 16.8. The first kappa shape index (κ1) is 49.1. The lowest BCUT2D eigenvalue weighted by Crippen LogP contribution is -2.74. The monoisotopic (exact) mass is 983 g/mol. The third kappa shape index (κ3) is 9.07. The minimum Gasteiger partial charge on any atom is -0.495 e. The Balaban J connectivity index is 0.713. The number of hydrogen-bond donors (Lipinski definition) is 3. The number of nitrogens with one attached hydrogen (secondary N) is 3. The van der Waals surface area contributed by atoms with E-state index in [1.165, 1.54) is 12.8 Å². The van der Waals surface area contributed by atoms with Crippen molar-refractivity contribution in [1.29, 1.82) is 5.26 Å². The molecule has 0 radical (unpaired) electrons. The van der Waals surface area contributed by atoms with E-state index in [1.807, 2.05) is 35.2 Å². The summed E-state index contributed by atoms with van der Waals surface area (Å²) >= 11 is 0. The maximum Gasteiger partial charge on any atom is 0.264 e. The number of halogens is 2. The van der Waals surface area contributed by atoms with Gasteiger partial charge in [-0.3, -0.25) is 19.0 Å². The summed E-state index contributed by atoms with van der Waals surface area (Å²) in [4.78, 5) is 30.3. The lowest BCUT2D eigenvalue weighted by Gasteiger charge is -2.63. The number of rotatable bonds is 14. The van der Waals surface area contributed by atoms with Gasteiger partial charge in [-0.1, -0.05) is 27.7 Å². The van der Waals surface area contributed by atoms with Crippen molar-refractivity contribution in [2.75, 3.05) is 43.5 Å². The number of hydrogen-bond acceptors (Lipinski definition) is 10. The van der Waals surface area contributed by atoms with Crippen LogP contribution in [0.2, 0.25) is 0 Å². The molecule has 2 aliphatic heterocycles. The number of carbonyl (C=O) groups is 2. The van der Waals surface area contributed by atoms with Crippen molar-refractivity contribution in [3.05, 3.63) is 101 Å². The highest BCUT2D eigenvalue weighted by molar-refractivity contribution is 5.95. The standard InChI is InChI=1S/C56H68F2N10O4/c1-34(69)66-24-18-46-45(33-66)50(67-23-8-9-36-25-43(38-31-62-65(6)32-38)44(49(57)58)27-47(36)67)64-68(46)41-16-19-56(20-17-41)28-40(29-56)61-22-21-60-39-13-10-35(11-14-39)51(70)63-52-54(2,3)53(55(52,4)5)72-42-15-12-37(30-59)48(26-42)71-7/h10-15,25-27,31-32,40-41,49,52-53,60-61H,8-9,16-24,28-29,33H2,1-7H3,(H,63,70). The minimum absolute atomic E-state index is 0.00669. The summed E-state index contributed by atoms with van der Waals surface area (Å²) < 4.78 is 45.3. The lowest BCUT2D eigenvalue weighted by molar-refractivity contribution is -0.164. The van der Waals surface area contributed by atoms with Crippen molar-refractivity contribution in [2.45, 2.75) is 130 Å². The average molecular weight is 983 g/mol. The van der Waals surface area contributed by atoms with Crippen LogP contribution in [0, 0.1) is 27.6 Å². The molecule has 3 N–H and O–H groups in total. The van der Waals surface area contributed by atoms with Gasteiger partial charge in [0.1, 0.15) is 23.7 Å². The summed E-state index contributed by atoms with van der Waals surface area (Å²) in [6.07, 6.45) is 9.63. The van der Waals surface area contributed by atoms with E-state index in [0.717, 1.165) is 99.2 Å².